The van der Waals surface area contributed by atoms with Crippen LogP contribution in [0, 0.1) is 5.92 Å². The van der Waals surface area contributed by atoms with E-state index >= 15 is 0 Å². The van der Waals surface area contributed by atoms with Gasteiger partial charge in [0.05, 0.1) is 11.0 Å². The minimum Gasteiger partial charge on any atom is -0.388 e. The number of aliphatic hydroxyl groups is 1. The Labute approximate surface area is 151 Å². The van der Waals surface area contributed by atoms with Crippen LogP contribution < -0.4 is 10.0 Å². The van der Waals surface area contributed by atoms with E-state index in [0.29, 0.717) is 12.1 Å². The predicted octanol–water partition coefficient (Wildman–Crippen LogP) is 2.74. The van der Waals surface area contributed by atoms with Crippen LogP contribution in [-0.2, 0) is 14.8 Å². The van der Waals surface area contributed by atoms with Gasteiger partial charge in [-0.2, -0.15) is 0 Å². The SMILES string of the molecule is CC(C)C(=O)Nc1ccc(S(=O)(=O)NCCC(O)c2cccs2)cc1. The van der Waals surface area contributed by atoms with E-state index in [9.17, 15) is 18.3 Å². The summed E-state index contributed by atoms with van der Waals surface area (Å²) in [5.74, 6) is -0.281. The van der Waals surface area contributed by atoms with Crippen molar-refractivity contribution in [3.8, 4) is 0 Å². The molecule has 25 heavy (non-hydrogen) atoms. The Morgan fingerprint density at radius 3 is 2.44 bits per heavy atom. The molecule has 0 saturated heterocycles. The first kappa shape index (κ1) is 19.6. The van der Waals surface area contributed by atoms with Crippen molar-refractivity contribution in [2.45, 2.75) is 31.3 Å². The van der Waals surface area contributed by atoms with Gasteiger partial charge in [0.25, 0.3) is 0 Å². The first-order valence-electron chi connectivity index (χ1n) is 7.91. The summed E-state index contributed by atoms with van der Waals surface area (Å²) in [7, 11) is -3.66. The molecule has 0 bridgehead atoms. The van der Waals surface area contributed by atoms with Crippen molar-refractivity contribution in [2.75, 3.05) is 11.9 Å². The summed E-state index contributed by atoms with van der Waals surface area (Å²) in [5, 5.41) is 14.5. The standard InChI is InChI=1S/C17H22N2O4S2/c1-12(2)17(21)19-13-5-7-14(8-6-13)25(22,23)18-10-9-15(20)16-4-3-11-24-16/h3-8,11-12,15,18,20H,9-10H2,1-2H3,(H,19,21). The molecule has 1 aromatic carbocycles. The van der Waals surface area contributed by atoms with Gasteiger partial charge in [-0.05, 0) is 42.1 Å². The van der Waals surface area contributed by atoms with Crippen molar-refractivity contribution >= 4 is 33.0 Å². The number of anilines is 1. The zero-order chi connectivity index (χ0) is 18.4. The van der Waals surface area contributed by atoms with Crippen molar-refractivity contribution < 1.29 is 18.3 Å². The Balaban J connectivity index is 1.91. The molecule has 8 heteroatoms. The van der Waals surface area contributed by atoms with Gasteiger partial charge in [0.15, 0.2) is 0 Å². The van der Waals surface area contributed by atoms with E-state index in [0.717, 1.165) is 4.88 Å². The lowest BCUT2D eigenvalue weighted by Crippen LogP contribution is -2.26. The summed E-state index contributed by atoms with van der Waals surface area (Å²) in [6.45, 7) is 3.69. The van der Waals surface area contributed by atoms with Gasteiger partial charge >= 0.3 is 0 Å². The predicted molar refractivity (Wildman–Crippen MR) is 99.0 cm³/mol. The van der Waals surface area contributed by atoms with Crippen LogP contribution in [0.5, 0.6) is 0 Å². The van der Waals surface area contributed by atoms with E-state index < -0.39 is 16.1 Å². The van der Waals surface area contributed by atoms with Gasteiger partial charge < -0.3 is 10.4 Å². The molecule has 0 aliphatic heterocycles. The van der Waals surface area contributed by atoms with Crippen molar-refractivity contribution in [1.29, 1.82) is 0 Å². The Hall–Kier alpha value is -1.74. The van der Waals surface area contributed by atoms with E-state index in [1.165, 1.54) is 23.5 Å². The first-order chi connectivity index (χ1) is 11.8. The number of aliphatic hydroxyl groups excluding tert-OH is 1. The number of sulfonamides is 1. The first-order valence-corrected chi connectivity index (χ1v) is 10.3. The minimum atomic E-state index is -3.66. The maximum absolute atomic E-state index is 12.3. The number of nitrogens with one attached hydrogen (secondary N) is 2. The molecule has 0 spiro atoms. The third kappa shape index (κ3) is 5.64. The number of hydrogen-bond acceptors (Lipinski definition) is 5. The molecule has 0 aliphatic carbocycles. The number of thiophene rings is 1. The average molecular weight is 383 g/mol. The van der Waals surface area contributed by atoms with Gasteiger partial charge in [0, 0.05) is 23.0 Å². The fraction of sp³-hybridized carbons (Fsp3) is 0.353. The third-order valence-corrected chi connectivity index (χ3v) is 5.99. The largest absolute Gasteiger partial charge is 0.388 e. The number of benzene rings is 1. The Bertz CT molecular complexity index is 785. The molecule has 2 rings (SSSR count). The highest BCUT2D eigenvalue weighted by Gasteiger charge is 2.16. The summed E-state index contributed by atoms with van der Waals surface area (Å²) in [6.07, 6.45) is -0.390. The lowest BCUT2D eigenvalue weighted by atomic mass is 10.2. The zero-order valence-corrected chi connectivity index (χ0v) is 15.7. The summed E-state index contributed by atoms with van der Waals surface area (Å²) < 4.78 is 27.0. The van der Waals surface area contributed by atoms with Crippen LogP contribution in [0.2, 0.25) is 0 Å². The molecule has 1 amide bonds. The second-order valence-electron chi connectivity index (χ2n) is 5.89. The molecule has 1 atom stereocenters. The highest BCUT2D eigenvalue weighted by atomic mass is 32.2. The molecule has 1 heterocycles. The maximum atomic E-state index is 12.3. The fourth-order valence-corrected chi connectivity index (χ4v) is 3.83. The van der Waals surface area contributed by atoms with Crippen LogP contribution in [0.25, 0.3) is 0 Å². The molecule has 1 aromatic heterocycles. The van der Waals surface area contributed by atoms with Gasteiger partial charge in [-0.15, -0.1) is 11.3 Å². The molecule has 0 radical (unpaired) electrons. The Morgan fingerprint density at radius 2 is 1.88 bits per heavy atom. The van der Waals surface area contributed by atoms with Crippen LogP contribution in [0.3, 0.4) is 0 Å². The van der Waals surface area contributed by atoms with Crippen molar-refractivity contribution in [3.63, 3.8) is 0 Å². The normalized spacial score (nSPS) is 13.0. The molecule has 0 aliphatic rings. The lowest BCUT2D eigenvalue weighted by Gasteiger charge is -2.11. The number of carbonyl (C=O) groups is 1. The fourth-order valence-electron chi connectivity index (χ4n) is 2.04. The van der Waals surface area contributed by atoms with E-state index in [-0.39, 0.29) is 23.3 Å². The number of amides is 1. The minimum absolute atomic E-state index is 0.112. The van der Waals surface area contributed by atoms with Crippen LogP contribution in [-0.4, -0.2) is 26.0 Å². The summed E-state index contributed by atoms with van der Waals surface area (Å²) in [5.41, 5.74) is 0.547. The highest BCUT2D eigenvalue weighted by molar-refractivity contribution is 7.89. The molecule has 0 saturated carbocycles. The van der Waals surface area contributed by atoms with Crippen LogP contribution in [0.4, 0.5) is 5.69 Å². The van der Waals surface area contributed by atoms with Crippen molar-refractivity contribution in [2.24, 2.45) is 5.92 Å². The van der Waals surface area contributed by atoms with Crippen LogP contribution in [0.15, 0.2) is 46.7 Å². The van der Waals surface area contributed by atoms with Gasteiger partial charge in [-0.3, -0.25) is 4.79 Å². The summed E-state index contributed by atoms with van der Waals surface area (Å²) in [4.78, 5) is 12.6. The maximum Gasteiger partial charge on any atom is 0.240 e. The van der Waals surface area contributed by atoms with Crippen molar-refractivity contribution in [3.05, 3.63) is 46.7 Å². The Kier molecular flexibility index (Phi) is 6.71. The second-order valence-corrected chi connectivity index (χ2v) is 8.63. The Morgan fingerprint density at radius 1 is 1.20 bits per heavy atom. The molecular weight excluding hydrogens is 360 g/mol. The number of hydrogen-bond donors (Lipinski definition) is 3. The van der Waals surface area contributed by atoms with Crippen LogP contribution in [0.1, 0.15) is 31.2 Å². The van der Waals surface area contributed by atoms with E-state index in [1.807, 2.05) is 17.5 Å². The lowest BCUT2D eigenvalue weighted by molar-refractivity contribution is -0.118. The molecule has 2 aromatic rings. The highest BCUT2D eigenvalue weighted by Crippen LogP contribution is 2.21. The zero-order valence-electron chi connectivity index (χ0n) is 14.1. The molecule has 3 N–H and O–H groups in total. The monoisotopic (exact) mass is 382 g/mol. The number of rotatable bonds is 8. The van der Waals surface area contributed by atoms with Gasteiger partial charge in [-0.25, -0.2) is 13.1 Å². The summed E-state index contributed by atoms with van der Waals surface area (Å²) >= 11 is 1.43. The molecule has 136 valence electrons. The van der Waals surface area contributed by atoms with E-state index in [4.69, 9.17) is 0 Å². The second kappa shape index (κ2) is 8.57. The van der Waals surface area contributed by atoms with E-state index in [1.54, 1.807) is 26.0 Å². The molecular formula is C17H22N2O4S2. The van der Waals surface area contributed by atoms with Gasteiger partial charge in [0.2, 0.25) is 15.9 Å². The molecule has 1 unspecified atom stereocenters. The molecule has 6 nitrogen and oxygen atoms in total. The van der Waals surface area contributed by atoms with Crippen molar-refractivity contribution in [1.82, 2.24) is 4.72 Å². The summed E-state index contributed by atoms with van der Waals surface area (Å²) in [6, 6.07) is 9.63. The van der Waals surface area contributed by atoms with E-state index in [2.05, 4.69) is 10.0 Å². The topological polar surface area (TPSA) is 95.5 Å². The van der Waals surface area contributed by atoms with Gasteiger partial charge in [0.1, 0.15) is 0 Å². The number of carbonyl (C=O) groups excluding carboxylic acids is 1. The third-order valence-electron chi connectivity index (χ3n) is 3.54. The quantitative estimate of drug-likeness (QED) is 0.654. The smallest absolute Gasteiger partial charge is 0.240 e. The average Bonchev–Trinajstić information content (AvgIpc) is 3.09. The van der Waals surface area contributed by atoms with Gasteiger partial charge in [-0.1, -0.05) is 19.9 Å². The van der Waals surface area contributed by atoms with Crippen LogP contribution >= 0.6 is 11.3 Å². The molecule has 0 fully saturated rings.